The van der Waals surface area contributed by atoms with Crippen molar-refractivity contribution in [3.8, 4) is 34.8 Å². The second-order valence-corrected chi connectivity index (χ2v) is 17.2. The highest BCUT2D eigenvalue weighted by atomic mass is 16.5. The van der Waals surface area contributed by atoms with E-state index in [9.17, 15) is 25.5 Å². The first kappa shape index (κ1) is 37.9. The Bertz CT molecular complexity index is 1950. The maximum atomic E-state index is 15.3. The molecule has 1 saturated heterocycles. The molecule has 4 aliphatic carbocycles. The van der Waals surface area contributed by atoms with Crippen molar-refractivity contribution in [3.63, 3.8) is 0 Å². The fourth-order valence-electron chi connectivity index (χ4n) is 12.2. The number of aliphatic hydroxyl groups is 2. The molecule has 1 aliphatic heterocycles. The summed E-state index contributed by atoms with van der Waals surface area (Å²) in [6, 6.07) is 17.1. The second-order valence-electron chi connectivity index (χ2n) is 17.2. The van der Waals surface area contributed by atoms with Crippen LogP contribution < -0.4 is 10.1 Å². The van der Waals surface area contributed by atoms with E-state index in [4.69, 9.17) is 4.74 Å². The first-order valence-electron chi connectivity index (χ1n) is 20.8. The number of phenols is 3. The van der Waals surface area contributed by atoms with Crippen LogP contribution in [0.4, 0.5) is 0 Å². The fourth-order valence-corrected chi connectivity index (χ4v) is 12.2. The molecule has 3 aromatic carbocycles. The first-order valence-corrected chi connectivity index (χ1v) is 20.8. The highest BCUT2D eigenvalue weighted by Crippen LogP contribution is 2.66. The number of phenolic OH excluding ortho intramolecular Hbond substituents is 3. The summed E-state index contributed by atoms with van der Waals surface area (Å²) in [4.78, 5) is 15.3. The highest BCUT2D eigenvalue weighted by molar-refractivity contribution is 5.83. The monoisotopic (exact) mass is 747 g/mol. The minimum absolute atomic E-state index is 0.00463. The molecule has 11 unspecified atom stereocenters. The molecule has 6 N–H and O–H groups in total. The molecule has 0 aromatic heterocycles. The van der Waals surface area contributed by atoms with E-state index in [2.05, 4.69) is 36.2 Å². The third-order valence-electron chi connectivity index (χ3n) is 14.6. The Kier molecular flexibility index (Phi) is 10.7. The first-order chi connectivity index (χ1) is 26.7. The number of nitrogens with one attached hydrogen (secondary N) is 1. The van der Waals surface area contributed by atoms with E-state index in [1.54, 1.807) is 18.2 Å². The average Bonchev–Trinajstić information content (AvgIpc) is 3.20. The van der Waals surface area contributed by atoms with Crippen molar-refractivity contribution in [3.05, 3.63) is 82.4 Å². The number of ketones is 1. The number of aromatic hydroxyl groups is 3. The zero-order valence-corrected chi connectivity index (χ0v) is 32.2. The molecule has 5 aliphatic rings. The van der Waals surface area contributed by atoms with E-state index in [-0.39, 0.29) is 77.4 Å². The molecule has 0 radical (unpaired) electrons. The molecule has 8 rings (SSSR count). The van der Waals surface area contributed by atoms with Crippen molar-refractivity contribution < 1.29 is 35.1 Å². The van der Waals surface area contributed by atoms with Crippen LogP contribution in [0.2, 0.25) is 0 Å². The molecule has 3 aromatic rings. The number of piperidine rings is 1. The Morgan fingerprint density at radius 3 is 2.47 bits per heavy atom. The molecule has 8 nitrogen and oxygen atoms in total. The minimum Gasteiger partial charge on any atom is -0.504 e. The van der Waals surface area contributed by atoms with Gasteiger partial charge in [0.25, 0.3) is 0 Å². The molecular formula is C47H57NO7. The highest BCUT2D eigenvalue weighted by Gasteiger charge is 2.66. The molecule has 3 fully saturated rings. The van der Waals surface area contributed by atoms with Crippen LogP contribution >= 0.6 is 0 Å². The summed E-state index contributed by atoms with van der Waals surface area (Å²) >= 11 is 0. The molecule has 2 saturated carbocycles. The van der Waals surface area contributed by atoms with E-state index >= 15 is 4.79 Å². The summed E-state index contributed by atoms with van der Waals surface area (Å²) in [7, 11) is 1.50. The van der Waals surface area contributed by atoms with Gasteiger partial charge in [-0.25, -0.2) is 0 Å². The normalized spacial score (nSPS) is 33.6. The summed E-state index contributed by atoms with van der Waals surface area (Å²) in [5.41, 5.74) is 3.86. The van der Waals surface area contributed by atoms with Crippen LogP contribution in [0.3, 0.4) is 0 Å². The summed E-state index contributed by atoms with van der Waals surface area (Å²) in [5, 5.41) is 60.5. The Hall–Kier alpha value is -4.03. The summed E-state index contributed by atoms with van der Waals surface area (Å²) < 4.78 is 5.56. The van der Waals surface area contributed by atoms with Gasteiger partial charge in [0.2, 0.25) is 0 Å². The maximum Gasteiger partial charge on any atom is 0.160 e. The van der Waals surface area contributed by atoms with Crippen LogP contribution in [0.1, 0.15) is 111 Å². The molecule has 1 heterocycles. The van der Waals surface area contributed by atoms with Gasteiger partial charge in [-0.15, -0.1) is 0 Å². The number of ether oxygens (including phenoxy) is 1. The summed E-state index contributed by atoms with van der Waals surface area (Å²) in [5.74, 6) is 6.40. The number of rotatable bonds is 9. The standard InChI is InChI=1S/C47H57NO7/c1-3-4-6-11-33-39(50)21-34(35-23-43(55-2)42(53)20-32(35)26-49)29(18-27-9-7-5-8-10-27)14-15-31-25-48-44-17-16-28-12-13-30-19-37(28)47(44,45(31)46(33)54)38-24-41(52)40(51)22-36(30)38/h5,7-10,20,22-24,28-31,33-34,37,44-46,48-49,51-54H,3-4,6,11-13,16-19,21,25-26H2,1-2H3. The van der Waals surface area contributed by atoms with Gasteiger partial charge in [0, 0.05) is 54.0 Å². The SMILES string of the molecule is CCCCCC1C(=O)CC(c2cc(OC)c(O)cc2CO)C(Cc2ccccc2)C#CC2CNC3CCC4CCC5CC4C3(c3cc(O)c(O)cc35)C2C1O. The molecule has 11 atom stereocenters. The summed E-state index contributed by atoms with van der Waals surface area (Å²) in [6.45, 7) is 2.40. The fraction of sp³-hybridized carbons (Fsp3) is 0.553. The molecular weight excluding hydrogens is 691 g/mol. The smallest absolute Gasteiger partial charge is 0.160 e. The molecule has 292 valence electrons. The maximum absolute atomic E-state index is 15.3. The largest absolute Gasteiger partial charge is 0.504 e. The number of methoxy groups -OCH3 is 1. The van der Waals surface area contributed by atoms with Gasteiger partial charge < -0.3 is 35.6 Å². The Labute approximate surface area is 325 Å². The van der Waals surface area contributed by atoms with Crippen molar-refractivity contribution >= 4 is 5.78 Å². The number of Topliss-reactive ketones (excluding diaryl/α,β-unsaturated/α-hetero) is 1. The number of benzene rings is 3. The van der Waals surface area contributed by atoms with Crippen molar-refractivity contribution in [1.29, 1.82) is 0 Å². The Balaban J connectivity index is 1.35. The van der Waals surface area contributed by atoms with Crippen LogP contribution in [-0.4, -0.2) is 57.1 Å². The predicted octanol–water partition coefficient (Wildman–Crippen LogP) is 7.23. The number of unbranched alkanes of at least 4 members (excludes halogenated alkanes) is 2. The molecule has 55 heavy (non-hydrogen) atoms. The van der Waals surface area contributed by atoms with Crippen molar-refractivity contribution in [1.82, 2.24) is 5.32 Å². The number of aliphatic hydroxyl groups excluding tert-OH is 2. The molecule has 8 heteroatoms. The van der Waals surface area contributed by atoms with Crippen LogP contribution in [0.5, 0.6) is 23.0 Å². The topological polar surface area (TPSA) is 139 Å². The molecule has 1 spiro atoms. The van der Waals surface area contributed by atoms with E-state index in [0.717, 1.165) is 73.6 Å². The van der Waals surface area contributed by atoms with Gasteiger partial charge in [0.15, 0.2) is 23.0 Å². The van der Waals surface area contributed by atoms with Gasteiger partial charge >= 0.3 is 0 Å². The zero-order chi connectivity index (χ0) is 38.4. The predicted molar refractivity (Wildman–Crippen MR) is 211 cm³/mol. The van der Waals surface area contributed by atoms with Crippen molar-refractivity contribution in [2.24, 2.45) is 35.5 Å². The zero-order valence-electron chi connectivity index (χ0n) is 32.2. The number of carbonyl (C=O) groups excluding carboxylic acids is 1. The third kappa shape index (κ3) is 6.50. The molecule has 0 amide bonds. The molecule has 2 bridgehead atoms. The van der Waals surface area contributed by atoms with E-state index in [1.807, 2.05) is 18.2 Å². The van der Waals surface area contributed by atoms with Crippen LogP contribution in [0, 0.1) is 47.3 Å². The van der Waals surface area contributed by atoms with E-state index in [1.165, 1.54) is 13.2 Å². The van der Waals surface area contributed by atoms with Gasteiger partial charge in [-0.2, -0.15) is 0 Å². The summed E-state index contributed by atoms with van der Waals surface area (Å²) in [6.07, 6.45) is 8.17. The lowest BCUT2D eigenvalue weighted by molar-refractivity contribution is -0.138. The van der Waals surface area contributed by atoms with E-state index in [0.29, 0.717) is 30.9 Å². The average molecular weight is 748 g/mol. The van der Waals surface area contributed by atoms with Crippen LogP contribution in [-0.2, 0) is 23.2 Å². The minimum atomic E-state index is -0.979. The van der Waals surface area contributed by atoms with Crippen molar-refractivity contribution in [2.45, 2.75) is 114 Å². The lowest BCUT2D eigenvalue weighted by Gasteiger charge is -2.66. The lowest BCUT2D eigenvalue weighted by atomic mass is 9.40. The van der Waals surface area contributed by atoms with Crippen LogP contribution in [0.15, 0.2) is 54.6 Å². The van der Waals surface area contributed by atoms with E-state index < -0.39 is 23.4 Å². The quantitative estimate of drug-likeness (QED) is 0.0766. The number of fused-ring (bicyclic) bond motifs is 4. The van der Waals surface area contributed by atoms with Crippen molar-refractivity contribution in [2.75, 3.05) is 13.7 Å². The van der Waals surface area contributed by atoms with Gasteiger partial charge in [-0.1, -0.05) is 68.4 Å². The Morgan fingerprint density at radius 2 is 1.71 bits per heavy atom. The number of carbonyl (C=O) groups is 1. The Morgan fingerprint density at radius 1 is 0.927 bits per heavy atom. The van der Waals surface area contributed by atoms with Gasteiger partial charge in [0.1, 0.15) is 5.78 Å². The van der Waals surface area contributed by atoms with Crippen LogP contribution in [0.25, 0.3) is 0 Å². The van der Waals surface area contributed by atoms with Gasteiger partial charge in [0.05, 0.1) is 19.8 Å². The number of hydrogen-bond donors (Lipinski definition) is 6. The number of hydrogen-bond acceptors (Lipinski definition) is 8. The lowest BCUT2D eigenvalue weighted by Crippen LogP contribution is -2.71. The third-order valence-corrected chi connectivity index (χ3v) is 14.6. The second kappa shape index (κ2) is 15.5. The van der Waals surface area contributed by atoms with Gasteiger partial charge in [-0.3, -0.25) is 4.79 Å². The van der Waals surface area contributed by atoms with Gasteiger partial charge in [-0.05, 0) is 115 Å².